The molecule has 2 heterocycles. The molecule has 1 fully saturated rings. The van der Waals surface area contributed by atoms with Crippen molar-refractivity contribution in [2.24, 2.45) is 0 Å². The van der Waals surface area contributed by atoms with Crippen LogP contribution in [0, 0.1) is 0 Å². The van der Waals surface area contributed by atoms with Gasteiger partial charge in [0.2, 0.25) is 5.91 Å². The van der Waals surface area contributed by atoms with E-state index in [-0.39, 0.29) is 16.8 Å². The van der Waals surface area contributed by atoms with Crippen LogP contribution in [0.25, 0.3) is 10.8 Å². The quantitative estimate of drug-likeness (QED) is 0.761. The van der Waals surface area contributed by atoms with Crippen LogP contribution >= 0.6 is 15.9 Å². The van der Waals surface area contributed by atoms with Crippen molar-refractivity contribution in [2.75, 3.05) is 19.6 Å². The minimum absolute atomic E-state index is 0.0893. The molecular weight excluding hydrogens is 441 g/mol. The number of alkyl halides is 3. The lowest BCUT2D eigenvalue weighted by molar-refractivity contribution is -0.141. The molecule has 1 N–H and O–H groups in total. The molecule has 10 heteroatoms. The Bertz CT molecular complexity index is 945. The second-order valence-electron chi connectivity index (χ2n) is 6.80. The Kier molecular flexibility index (Phi) is 6.09. The van der Waals surface area contributed by atoms with E-state index in [4.69, 9.17) is 0 Å². The normalized spacial score (nSPS) is 18.4. The first kappa shape index (κ1) is 20.8. The number of hydrogen-bond acceptors (Lipinski definition) is 4. The topological polar surface area (TPSA) is 67.2 Å². The smallest absolute Gasteiger partial charge is 0.350 e. The molecule has 0 unspecified atom stereocenters. The zero-order chi connectivity index (χ0) is 20.5. The number of nitrogens with one attached hydrogen (secondary N) is 1. The Hall–Kier alpha value is -1.94. The highest BCUT2D eigenvalue weighted by Gasteiger charge is 2.36. The summed E-state index contributed by atoms with van der Waals surface area (Å²) in [7, 11) is 0. The highest BCUT2D eigenvalue weighted by atomic mass is 79.9. The highest BCUT2D eigenvalue weighted by molar-refractivity contribution is 9.10. The summed E-state index contributed by atoms with van der Waals surface area (Å²) in [6.07, 6.45) is -3.02. The number of aromatic nitrogens is 2. The van der Waals surface area contributed by atoms with Crippen molar-refractivity contribution >= 4 is 32.6 Å². The largest absolute Gasteiger partial charge is 0.435 e. The summed E-state index contributed by atoms with van der Waals surface area (Å²) >= 11 is 3.16. The van der Waals surface area contributed by atoms with Gasteiger partial charge in [0, 0.05) is 22.4 Å². The molecule has 0 saturated carbocycles. The van der Waals surface area contributed by atoms with Crippen molar-refractivity contribution in [2.45, 2.75) is 38.5 Å². The van der Waals surface area contributed by atoms with Gasteiger partial charge in [-0.15, -0.1) is 0 Å². The van der Waals surface area contributed by atoms with Crippen LogP contribution in [0.2, 0.25) is 0 Å². The molecule has 28 heavy (non-hydrogen) atoms. The number of hydrogen-bond donors (Lipinski definition) is 1. The van der Waals surface area contributed by atoms with Gasteiger partial charge in [-0.1, -0.05) is 28.9 Å². The van der Waals surface area contributed by atoms with Crippen molar-refractivity contribution in [3.05, 3.63) is 38.7 Å². The standard InChI is InChI=1S/C18H20BrF3N4O2/c1-2-25-7-3-4-12(9-25)23-15(27)10-26-17(28)14-8-11(19)5-6-13(14)16(24-26)18(20,21)22/h5-6,8,12H,2-4,7,9-10H2,1H3,(H,23,27)/t12-/m1/s1. The highest BCUT2D eigenvalue weighted by Crippen LogP contribution is 2.32. The van der Waals surface area contributed by atoms with Crippen molar-refractivity contribution in [3.63, 3.8) is 0 Å². The van der Waals surface area contributed by atoms with E-state index in [9.17, 15) is 22.8 Å². The van der Waals surface area contributed by atoms with E-state index in [0.717, 1.165) is 25.9 Å². The van der Waals surface area contributed by atoms with Gasteiger partial charge in [0.25, 0.3) is 5.56 Å². The fraction of sp³-hybridized carbons (Fsp3) is 0.500. The number of amides is 1. The molecule has 152 valence electrons. The van der Waals surface area contributed by atoms with Gasteiger partial charge in [-0.3, -0.25) is 9.59 Å². The molecule has 0 radical (unpaired) electrons. The Morgan fingerprint density at radius 3 is 2.79 bits per heavy atom. The van der Waals surface area contributed by atoms with Gasteiger partial charge in [0.05, 0.1) is 5.39 Å². The van der Waals surface area contributed by atoms with E-state index in [1.807, 2.05) is 6.92 Å². The van der Waals surface area contributed by atoms with E-state index in [0.29, 0.717) is 15.7 Å². The predicted octanol–water partition coefficient (Wildman–Crippen LogP) is 2.78. The molecule has 1 aromatic carbocycles. The molecule has 1 aliphatic heterocycles. The second kappa shape index (κ2) is 8.20. The van der Waals surface area contributed by atoms with E-state index in [1.165, 1.54) is 18.2 Å². The first-order valence-corrected chi connectivity index (χ1v) is 9.77. The summed E-state index contributed by atoms with van der Waals surface area (Å²) in [6.45, 7) is 3.97. The zero-order valence-electron chi connectivity index (χ0n) is 15.2. The fourth-order valence-electron chi connectivity index (χ4n) is 3.45. The van der Waals surface area contributed by atoms with Gasteiger partial charge in [-0.2, -0.15) is 18.3 Å². The summed E-state index contributed by atoms with van der Waals surface area (Å²) in [5, 5.41) is 5.84. The molecule has 1 aliphatic rings. The number of likely N-dealkylation sites (N-methyl/N-ethyl adjacent to an activating group) is 1. The summed E-state index contributed by atoms with van der Waals surface area (Å²) < 4.78 is 41.3. The van der Waals surface area contributed by atoms with Gasteiger partial charge in [-0.25, -0.2) is 4.68 Å². The van der Waals surface area contributed by atoms with Gasteiger partial charge in [-0.05, 0) is 38.1 Å². The maximum atomic E-state index is 13.4. The number of halogens is 4. The van der Waals surface area contributed by atoms with Crippen LogP contribution in [-0.2, 0) is 17.5 Å². The van der Waals surface area contributed by atoms with Crippen molar-refractivity contribution in [3.8, 4) is 0 Å². The van der Waals surface area contributed by atoms with Gasteiger partial charge in [0.1, 0.15) is 6.54 Å². The third-order valence-electron chi connectivity index (χ3n) is 4.80. The number of fused-ring (bicyclic) bond motifs is 1. The Morgan fingerprint density at radius 1 is 1.36 bits per heavy atom. The van der Waals surface area contributed by atoms with Crippen molar-refractivity contribution in [1.29, 1.82) is 0 Å². The maximum absolute atomic E-state index is 13.4. The summed E-state index contributed by atoms with van der Waals surface area (Å²) in [6, 6.07) is 3.83. The van der Waals surface area contributed by atoms with E-state index in [1.54, 1.807) is 0 Å². The van der Waals surface area contributed by atoms with Crippen LogP contribution in [0.5, 0.6) is 0 Å². The predicted molar refractivity (Wildman–Crippen MR) is 102 cm³/mol. The average molecular weight is 461 g/mol. The van der Waals surface area contributed by atoms with Crippen molar-refractivity contribution < 1.29 is 18.0 Å². The molecule has 0 aliphatic carbocycles. The number of carbonyl (C=O) groups is 1. The maximum Gasteiger partial charge on any atom is 0.435 e. The lowest BCUT2D eigenvalue weighted by atomic mass is 10.1. The lowest BCUT2D eigenvalue weighted by Crippen LogP contribution is -2.49. The van der Waals surface area contributed by atoms with Gasteiger partial charge >= 0.3 is 6.18 Å². The lowest BCUT2D eigenvalue weighted by Gasteiger charge is -2.32. The molecule has 2 aromatic rings. The third-order valence-corrected chi connectivity index (χ3v) is 5.30. The molecule has 1 amide bonds. The first-order chi connectivity index (χ1) is 13.2. The monoisotopic (exact) mass is 460 g/mol. The third kappa shape index (κ3) is 4.54. The Balaban J connectivity index is 1.89. The van der Waals surface area contributed by atoms with E-state index in [2.05, 4.69) is 31.2 Å². The van der Waals surface area contributed by atoms with Crippen LogP contribution in [0.15, 0.2) is 27.5 Å². The van der Waals surface area contributed by atoms with Crippen LogP contribution in [0.1, 0.15) is 25.5 Å². The minimum Gasteiger partial charge on any atom is -0.350 e. The summed E-state index contributed by atoms with van der Waals surface area (Å²) in [5.41, 5.74) is -1.92. The number of nitrogens with zero attached hydrogens (tertiary/aromatic N) is 3. The Morgan fingerprint density at radius 2 is 2.11 bits per heavy atom. The molecule has 3 rings (SSSR count). The van der Waals surface area contributed by atoms with E-state index >= 15 is 0 Å². The SMILES string of the molecule is CCN1CCC[C@@H](NC(=O)Cn2nc(C(F)(F)F)c3ccc(Br)cc3c2=O)C1. The van der Waals surface area contributed by atoms with Crippen LogP contribution < -0.4 is 10.9 Å². The minimum atomic E-state index is -4.75. The average Bonchev–Trinajstić information content (AvgIpc) is 2.63. The second-order valence-corrected chi connectivity index (χ2v) is 7.71. The number of carbonyl (C=O) groups excluding carboxylic acids is 1. The first-order valence-electron chi connectivity index (χ1n) is 8.98. The number of rotatable bonds is 4. The number of piperidine rings is 1. The van der Waals surface area contributed by atoms with E-state index < -0.39 is 29.9 Å². The molecule has 1 aromatic heterocycles. The van der Waals surface area contributed by atoms with Gasteiger partial charge in [0.15, 0.2) is 5.69 Å². The Labute approximate surface area is 167 Å². The molecule has 1 saturated heterocycles. The fourth-order valence-corrected chi connectivity index (χ4v) is 3.81. The summed E-state index contributed by atoms with van der Waals surface area (Å²) in [5.74, 6) is -0.528. The molecule has 1 atom stereocenters. The molecule has 0 bridgehead atoms. The van der Waals surface area contributed by atoms with Crippen LogP contribution in [-0.4, -0.2) is 46.3 Å². The number of benzene rings is 1. The van der Waals surface area contributed by atoms with Crippen molar-refractivity contribution in [1.82, 2.24) is 20.0 Å². The molecular formula is C18H20BrF3N4O2. The summed E-state index contributed by atoms with van der Waals surface area (Å²) in [4.78, 5) is 27.2. The zero-order valence-corrected chi connectivity index (χ0v) is 16.8. The number of likely N-dealkylation sites (tertiary alicyclic amines) is 1. The van der Waals surface area contributed by atoms with Crippen LogP contribution in [0.3, 0.4) is 0 Å². The van der Waals surface area contributed by atoms with Crippen LogP contribution in [0.4, 0.5) is 13.2 Å². The molecule has 6 nitrogen and oxygen atoms in total. The molecule has 0 spiro atoms. The van der Waals surface area contributed by atoms with Gasteiger partial charge < -0.3 is 10.2 Å².